The summed E-state index contributed by atoms with van der Waals surface area (Å²) in [5.41, 5.74) is 4.83. The molecule has 1 atom stereocenters. The molecule has 4 rings (SSSR count). The van der Waals surface area contributed by atoms with Crippen LogP contribution in [-0.2, 0) is 28.9 Å². The molecule has 0 radical (unpaired) electrons. The van der Waals surface area contributed by atoms with Crippen LogP contribution >= 0.6 is 0 Å². The summed E-state index contributed by atoms with van der Waals surface area (Å²) >= 11 is 0. The molecule has 0 aliphatic rings. The number of carbonyl (C=O) groups excluding carboxylic acids is 2. The van der Waals surface area contributed by atoms with E-state index in [1.807, 2.05) is 122 Å². The van der Waals surface area contributed by atoms with Gasteiger partial charge in [-0.25, -0.2) is 0 Å². The van der Waals surface area contributed by atoms with E-state index in [0.29, 0.717) is 12.8 Å². The molecule has 44 heavy (non-hydrogen) atoms. The lowest BCUT2D eigenvalue weighted by molar-refractivity contribution is -0.117. The number of benzene rings is 4. The summed E-state index contributed by atoms with van der Waals surface area (Å²) in [6.07, 6.45) is 8.07. The van der Waals surface area contributed by atoms with Crippen LogP contribution in [0.25, 0.3) is 6.08 Å². The minimum atomic E-state index is -0.185. The molecule has 4 aromatic carbocycles. The van der Waals surface area contributed by atoms with Gasteiger partial charge in [-0.05, 0) is 74.8 Å². The molecule has 0 bridgehead atoms. The summed E-state index contributed by atoms with van der Waals surface area (Å²) < 4.78 is 0. The van der Waals surface area contributed by atoms with Crippen molar-refractivity contribution < 1.29 is 19.8 Å². The van der Waals surface area contributed by atoms with Crippen LogP contribution in [0.2, 0.25) is 0 Å². The van der Waals surface area contributed by atoms with Crippen LogP contribution in [0, 0.1) is 0 Å². The standard InChI is InChI=1S/C10H14O.2C10H12O.C10H10O/c4*1-9(11)7-8-10-5-3-2-4-6-10/h2-6,9,11H,7-8H2,1H3;2-6H,7-8H2,1H3;2-6,11H,1,7-8H2;2-8H,1H3/b;;;8-7+. The normalized spacial score (nSPS) is 10.5. The van der Waals surface area contributed by atoms with Crippen molar-refractivity contribution in [3.05, 3.63) is 162 Å². The zero-order valence-corrected chi connectivity index (χ0v) is 26.4. The molecular weight excluding hydrogens is 544 g/mol. The van der Waals surface area contributed by atoms with Gasteiger partial charge in [0.1, 0.15) is 5.78 Å². The van der Waals surface area contributed by atoms with E-state index in [1.165, 1.54) is 16.7 Å². The Morgan fingerprint density at radius 3 is 1.41 bits per heavy atom. The van der Waals surface area contributed by atoms with Gasteiger partial charge in [-0.1, -0.05) is 134 Å². The molecule has 4 heteroatoms. The van der Waals surface area contributed by atoms with Gasteiger partial charge in [-0.2, -0.15) is 0 Å². The molecule has 0 aliphatic carbocycles. The van der Waals surface area contributed by atoms with Crippen LogP contribution in [0.4, 0.5) is 0 Å². The lowest BCUT2D eigenvalue weighted by atomic mass is 10.1. The van der Waals surface area contributed by atoms with Crippen molar-refractivity contribution in [2.45, 2.75) is 65.4 Å². The molecule has 2 N–H and O–H groups in total. The minimum Gasteiger partial charge on any atom is -0.513 e. The lowest BCUT2D eigenvalue weighted by Gasteiger charge is -2.02. The SMILES string of the molecule is C=C(O)CCc1ccccc1.CC(=O)/C=C/c1ccccc1.CC(=O)CCc1ccccc1.CC(O)CCc1ccccc1. The van der Waals surface area contributed by atoms with Crippen molar-refractivity contribution in [2.75, 3.05) is 0 Å². The Morgan fingerprint density at radius 1 is 0.659 bits per heavy atom. The Hall–Kier alpha value is -4.54. The summed E-state index contributed by atoms with van der Waals surface area (Å²) in [4.78, 5) is 21.1. The molecule has 4 aromatic rings. The summed E-state index contributed by atoms with van der Waals surface area (Å²) in [6, 6.07) is 40.1. The van der Waals surface area contributed by atoms with E-state index >= 15 is 0 Å². The number of aryl methyl sites for hydroxylation is 3. The maximum absolute atomic E-state index is 10.6. The number of rotatable bonds is 11. The molecule has 0 aromatic heterocycles. The van der Waals surface area contributed by atoms with E-state index in [2.05, 4.69) is 18.7 Å². The molecule has 4 nitrogen and oxygen atoms in total. The van der Waals surface area contributed by atoms with Crippen LogP contribution in [0.1, 0.15) is 62.3 Å². The highest BCUT2D eigenvalue weighted by Gasteiger charge is 1.96. The molecule has 232 valence electrons. The van der Waals surface area contributed by atoms with Crippen molar-refractivity contribution in [3.8, 4) is 0 Å². The van der Waals surface area contributed by atoms with Gasteiger partial charge in [0.15, 0.2) is 5.78 Å². The fourth-order valence-electron chi connectivity index (χ4n) is 3.70. The maximum atomic E-state index is 10.6. The fraction of sp³-hybridized carbons (Fsp3) is 0.250. The van der Waals surface area contributed by atoms with Gasteiger partial charge in [-0.3, -0.25) is 4.79 Å². The first-order valence-corrected chi connectivity index (χ1v) is 15.1. The van der Waals surface area contributed by atoms with Gasteiger partial charge in [-0.15, -0.1) is 0 Å². The number of allylic oxidation sites excluding steroid dienone is 2. The summed E-state index contributed by atoms with van der Waals surface area (Å²) in [5.74, 6) is 0.594. The van der Waals surface area contributed by atoms with E-state index in [0.717, 1.165) is 31.2 Å². The Morgan fingerprint density at radius 2 is 1.05 bits per heavy atom. The van der Waals surface area contributed by atoms with E-state index in [-0.39, 0.29) is 23.4 Å². The van der Waals surface area contributed by atoms with E-state index in [9.17, 15) is 9.59 Å². The number of hydrogen-bond donors (Lipinski definition) is 2. The average molecular weight is 593 g/mol. The second-order valence-electron chi connectivity index (χ2n) is 10.5. The highest BCUT2D eigenvalue weighted by Crippen LogP contribution is 2.06. The molecule has 0 aliphatic heterocycles. The van der Waals surface area contributed by atoms with Crippen molar-refractivity contribution in [2.24, 2.45) is 0 Å². The third kappa shape index (κ3) is 22.1. The number of carbonyl (C=O) groups is 2. The van der Waals surface area contributed by atoms with Crippen LogP contribution in [0.3, 0.4) is 0 Å². The summed E-state index contributed by atoms with van der Waals surface area (Å²) in [5, 5.41) is 17.8. The third-order valence-corrected chi connectivity index (χ3v) is 6.16. The number of aliphatic hydroxyl groups is 2. The average Bonchev–Trinajstić information content (AvgIpc) is 3.04. The van der Waals surface area contributed by atoms with Gasteiger partial charge in [0, 0.05) is 12.8 Å². The van der Waals surface area contributed by atoms with Crippen LogP contribution in [0.5, 0.6) is 0 Å². The summed E-state index contributed by atoms with van der Waals surface area (Å²) in [7, 11) is 0. The molecule has 0 fully saturated rings. The molecule has 1 unspecified atom stereocenters. The van der Waals surface area contributed by atoms with E-state index < -0.39 is 0 Å². The first kappa shape index (κ1) is 37.5. The summed E-state index contributed by atoms with van der Waals surface area (Å²) in [6.45, 7) is 8.42. The van der Waals surface area contributed by atoms with Crippen LogP contribution in [0.15, 0.2) is 140 Å². The third-order valence-electron chi connectivity index (χ3n) is 6.16. The maximum Gasteiger partial charge on any atom is 0.152 e. The Balaban J connectivity index is 0.000000293. The van der Waals surface area contributed by atoms with Crippen molar-refractivity contribution >= 4 is 17.6 Å². The Kier molecular flexibility index (Phi) is 20.4. The number of Topliss-reactive ketones (excluding diaryl/α,β-unsaturated/α-hetero) is 1. The van der Waals surface area contributed by atoms with Gasteiger partial charge < -0.3 is 15.0 Å². The second-order valence-corrected chi connectivity index (χ2v) is 10.5. The quantitative estimate of drug-likeness (QED) is 0.134. The lowest BCUT2D eigenvalue weighted by Crippen LogP contribution is -2.00. The number of aliphatic hydroxyl groups excluding tert-OH is 2. The predicted molar refractivity (Wildman–Crippen MR) is 185 cm³/mol. The highest BCUT2D eigenvalue weighted by atomic mass is 16.3. The Labute approximate surface area is 264 Å². The molecule has 0 saturated carbocycles. The first-order chi connectivity index (χ1) is 21.2. The molecule has 0 saturated heterocycles. The van der Waals surface area contributed by atoms with Crippen molar-refractivity contribution in [3.63, 3.8) is 0 Å². The largest absolute Gasteiger partial charge is 0.513 e. The van der Waals surface area contributed by atoms with E-state index in [1.54, 1.807) is 19.9 Å². The zero-order chi connectivity index (χ0) is 32.4. The fourth-order valence-corrected chi connectivity index (χ4v) is 3.70. The zero-order valence-electron chi connectivity index (χ0n) is 26.4. The number of ketones is 2. The number of hydrogen-bond acceptors (Lipinski definition) is 4. The Bertz CT molecular complexity index is 1280. The van der Waals surface area contributed by atoms with Crippen LogP contribution in [-0.4, -0.2) is 27.9 Å². The van der Waals surface area contributed by atoms with Crippen molar-refractivity contribution in [1.29, 1.82) is 0 Å². The predicted octanol–water partition coefficient (Wildman–Crippen LogP) is 9.19. The molecule has 0 spiro atoms. The van der Waals surface area contributed by atoms with Gasteiger partial charge in [0.25, 0.3) is 0 Å². The monoisotopic (exact) mass is 592 g/mol. The van der Waals surface area contributed by atoms with Crippen LogP contribution < -0.4 is 0 Å². The first-order valence-electron chi connectivity index (χ1n) is 15.1. The second kappa shape index (κ2) is 24.0. The van der Waals surface area contributed by atoms with Crippen molar-refractivity contribution in [1.82, 2.24) is 0 Å². The van der Waals surface area contributed by atoms with Gasteiger partial charge >= 0.3 is 0 Å². The molecule has 0 heterocycles. The smallest absolute Gasteiger partial charge is 0.152 e. The van der Waals surface area contributed by atoms with E-state index in [4.69, 9.17) is 10.2 Å². The topological polar surface area (TPSA) is 74.6 Å². The molecule has 0 amide bonds. The molecular formula is C40H48O4. The van der Waals surface area contributed by atoms with Gasteiger partial charge in [0.2, 0.25) is 0 Å². The highest BCUT2D eigenvalue weighted by molar-refractivity contribution is 5.91. The minimum absolute atomic E-state index is 0.0776. The van der Waals surface area contributed by atoms with Gasteiger partial charge in [0.05, 0.1) is 11.9 Å².